The number of carbonyl (C=O) groups excluding carboxylic acids is 1. The number of nitrogens with one attached hydrogen (secondary N) is 1. The van der Waals surface area contributed by atoms with Crippen LogP contribution in [0, 0.1) is 11.2 Å². The summed E-state index contributed by atoms with van der Waals surface area (Å²) in [5, 5.41) is 0. The largest absolute Gasteiger partial charge is 0.466 e. The normalized spacial score (nSPS) is 18.0. The number of nitrogens with zero attached hydrogens (tertiary/aromatic N) is 7. The van der Waals surface area contributed by atoms with Gasteiger partial charge in [0, 0.05) is 63.9 Å². The summed E-state index contributed by atoms with van der Waals surface area (Å²) < 4.78 is 65.9. The van der Waals surface area contributed by atoms with Crippen molar-refractivity contribution in [3.05, 3.63) is 48.0 Å². The maximum absolute atomic E-state index is 14.2. The quantitative estimate of drug-likeness (QED) is 0.132. The molecule has 4 aromatic rings. The molecule has 15 heteroatoms. The Morgan fingerprint density at radius 3 is 2.55 bits per heavy atom. The fraction of sp³-hybridized carbons (Fsp3) is 0.528. The molecule has 1 atom stereocenters. The molecular weight excluding hydrogens is 668 g/mol. The number of hydrogen-bond acceptors (Lipinski definition) is 10. The van der Waals surface area contributed by atoms with Crippen LogP contribution in [0.2, 0.25) is 0 Å². The number of piperazine rings is 1. The van der Waals surface area contributed by atoms with Gasteiger partial charge in [-0.15, -0.1) is 0 Å². The second-order valence-electron chi connectivity index (χ2n) is 13.7. The van der Waals surface area contributed by atoms with Gasteiger partial charge in [-0.25, -0.2) is 24.3 Å². The maximum Gasteiger partial charge on any atom is 0.419 e. The van der Waals surface area contributed by atoms with Crippen LogP contribution in [0.1, 0.15) is 51.5 Å². The number of imidazole rings is 1. The van der Waals surface area contributed by atoms with E-state index < -0.39 is 17.6 Å². The SMILES string of the molecule is CCOC(=O)CCN1CCN(c2cnc(-c3nc4nc(-c5ccc(F)c(C(F)(F)F)c5)cc(N(C)CC5(COC)CCCC5)c4[nH]3)cn2)[C@H](C)C1. The number of benzene rings is 1. The number of aromatic amines is 1. The number of halogens is 4. The first kappa shape index (κ1) is 36.4. The van der Waals surface area contributed by atoms with E-state index in [1.54, 1.807) is 32.5 Å². The van der Waals surface area contributed by atoms with Crippen LogP contribution in [0.5, 0.6) is 0 Å². The van der Waals surface area contributed by atoms with Gasteiger partial charge in [0.2, 0.25) is 0 Å². The zero-order valence-electron chi connectivity index (χ0n) is 29.4. The molecule has 0 spiro atoms. The molecule has 0 amide bonds. The molecule has 0 unspecified atom stereocenters. The number of hydrogen-bond donors (Lipinski definition) is 1. The molecule has 4 heterocycles. The van der Waals surface area contributed by atoms with Crippen molar-refractivity contribution < 1.29 is 31.8 Å². The van der Waals surface area contributed by atoms with Gasteiger partial charge in [0.15, 0.2) is 11.5 Å². The van der Waals surface area contributed by atoms with E-state index in [0.29, 0.717) is 61.3 Å². The van der Waals surface area contributed by atoms with Crippen LogP contribution in [0.4, 0.5) is 29.1 Å². The molecule has 1 saturated heterocycles. The molecule has 1 aliphatic heterocycles. The Kier molecular flexibility index (Phi) is 10.8. The Bertz CT molecular complexity index is 1830. The molecule has 1 aromatic carbocycles. The number of rotatable bonds is 12. The summed E-state index contributed by atoms with van der Waals surface area (Å²) in [7, 11) is 3.63. The Balaban J connectivity index is 1.29. The Hall–Kier alpha value is -4.37. The highest BCUT2D eigenvalue weighted by Gasteiger charge is 2.37. The summed E-state index contributed by atoms with van der Waals surface area (Å²) in [6.45, 7) is 8.40. The van der Waals surface area contributed by atoms with Crippen molar-refractivity contribution in [1.29, 1.82) is 0 Å². The average Bonchev–Trinajstić information content (AvgIpc) is 3.74. The van der Waals surface area contributed by atoms with Gasteiger partial charge in [-0.3, -0.25) is 9.69 Å². The van der Waals surface area contributed by atoms with E-state index in [1.807, 2.05) is 7.05 Å². The van der Waals surface area contributed by atoms with Crippen molar-refractivity contribution in [2.24, 2.45) is 5.41 Å². The fourth-order valence-electron chi connectivity index (χ4n) is 7.46. The number of carbonyl (C=O) groups is 1. The van der Waals surface area contributed by atoms with E-state index in [1.165, 1.54) is 6.07 Å². The molecular formula is C36H44F4N8O3. The molecule has 6 rings (SSSR count). The number of esters is 1. The van der Waals surface area contributed by atoms with E-state index in [0.717, 1.165) is 57.5 Å². The minimum atomic E-state index is -4.86. The molecule has 1 N–H and O–H groups in total. The van der Waals surface area contributed by atoms with Crippen LogP contribution in [-0.2, 0) is 20.4 Å². The fourth-order valence-corrected chi connectivity index (χ4v) is 7.46. The topological polar surface area (TPSA) is 113 Å². The van der Waals surface area contributed by atoms with Crippen molar-refractivity contribution in [2.75, 3.05) is 69.9 Å². The molecule has 3 aromatic heterocycles. The predicted molar refractivity (Wildman–Crippen MR) is 186 cm³/mol. The number of alkyl halides is 3. The number of fused-ring (bicyclic) bond motifs is 1. The van der Waals surface area contributed by atoms with Crippen LogP contribution >= 0.6 is 0 Å². The van der Waals surface area contributed by atoms with E-state index in [4.69, 9.17) is 19.4 Å². The minimum absolute atomic E-state index is 0.0771. The van der Waals surface area contributed by atoms with Crippen molar-refractivity contribution >= 4 is 28.6 Å². The van der Waals surface area contributed by atoms with Gasteiger partial charge >= 0.3 is 12.1 Å². The van der Waals surface area contributed by atoms with Gasteiger partial charge in [0.25, 0.3) is 0 Å². The van der Waals surface area contributed by atoms with E-state index >= 15 is 0 Å². The van der Waals surface area contributed by atoms with Gasteiger partial charge < -0.3 is 24.3 Å². The lowest BCUT2D eigenvalue weighted by molar-refractivity contribution is -0.143. The highest BCUT2D eigenvalue weighted by Crippen LogP contribution is 2.41. The number of H-pyrrole nitrogens is 1. The molecule has 0 bridgehead atoms. The summed E-state index contributed by atoms with van der Waals surface area (Å²) in [5.74, 6) is -0.422. The van der Waals surface area contributed by atoms with Crippen molar-refractivity contribution in [1.82, 2.24) is 29.8 Å². The van der Waals surface area contributed by atoms with Crippen molar-refractivity contribution in [2.45, 2.75) is 58.2 Å². The summed E-state index contributed by atoms with van der Waals surface area (Å²) in [4.78, 5) is 40.4. The number of anilines is 2. The Morgan fingerprint density at radius 1 is 1.10 bits per heavy atom. The summed E-state index contributed by atoms with van der Waals surface area (Å²) in [6.07, 6.45) is 3.01. The Morgan fingerprint density at radius 2 is 1.88 bits per heavy atom. The standard InChI is InChI=1S/C36H44F4N8O3/c1-5-51-31(49)10-13-47-14-15-48(23(2)20-47)30-19-41-28(18-42-30)33-44-32-29(46(3)21-35(22-50-4)11-6-7-12-35)17-27(43-34(32)45-33)24-8-9-26(37)25(16-24)36(38,39)40/h8-9,16-19,23H,5-7,10-15,20-22H2,1-4H3,(H,43,44,45)/t23-/m1/s1. The predicted octanol–water partition coefficient (Wildman–Crippen LogP) is 6.35. The molecule has 1 aliphatic carbocycles. The van der Waals surface area contributed by atoms with Gasteiger partial charge in [0.05, 0.1) is 49.0 Å². The van der Waals surface area contributed by atoms with Crippen LogP contribution in [0.25, 0.3) is 33.9 Å². The zero-order valence-corrected chi connectivity index (χ0v) is 29.4. The van der Waals surface area contributed by atoms with Gasteiger partial charge in [-0.1, -0.05) is 12.8 Å². The van der Waals surface area contributed by atoms with Crippen molar-refractivity contribution in [3.8, 4) is 22.8 Å². The van der Waals surface area contributed by atoms with Crippen LogP contribution in [-0.4, -0.2) is 102 Å². The number of pyridine rings is 1. The first-order valence-corrected chi connectivity index (χ1v) is 17.3. The molecule has 274 valence electrons. The molecule has 0 radical (unpaired) electrons. The first-order valence-electron chi connectivity index (χ1n) is 17.3. The number of aromatic nitrogens is 5. The smallest absolute Gasteiger partial charge is 0.419 e. The third kappa shape index (κ3) is 8.09. The van der Waals surface area contributed by atoms with E-state index in [2.05, 4.69) is 36.6 Å². The first-order chi connectivity index (χ1) is 24.4. The zero-order chi connectivity index (χ0) is 36.3. The number of methoxy groups -OCH3 is 1. The van der Waals surface area contributed by atoms with Crippen LogP contribution < -0.4 is 9.80 Å². The summed E-state index contributed by atoms with van der Waals surface area (Å²) in [6, 6.07) is 4.76. The third-order valence-corrected chi connectivity index (χ3v) is 9.93. The minimum Gasteiger partial charge on any atom is -0.466 e. The van der Waals surface area contributed by atoms with Crippen molar-refractivity contribution in [3.63, 3.8) is 0 Å². The third-order valence-electron chi connectivity index (χ3n) is 9.93. The maximum atomic E-state index is 14.2. The molecule has 2 fully saturated rings. The van der Waals surface area contributed by atoms with E-state index in [9.17, 15) is 22.4 Å². The molecule has 1 saturated carbocycles. The highest BCUT2D eigenvalue weighted by molar-refractivity contribution is 5.91. The highest BCUT2D eigenvalue weighted by atomic mass is 19.4. The second kappa shape index (κ2) is 15.1. The lowest BCUT2D eigenvalue weighted by Gasteiger charge is -2.40. The Labute approximate surface area is 294 Å². The second-order valence-corrected chi connectivity index (χ2v) is 13.7. The van der Waals surface area contributed by atoms with Gasteiger partial charge in [-0.2, -0.15) is 13.2 Å². The van der Waals surface area contributed by atoms with E-state index in [-0.39, 0.29) is 34.3 Å². The average molecular weight is 713 g/mol. The molecule has 2 aliphatic rings. The van der Waals surface area contributed by atoms with Gasteiger partial charge in [0.1, 0.15) is 22.8 Å². The van der Waals surface area contributed by atoms with Crippen LogP contribution in [0.3, 0.4) is 0 Å². The molecule has 11 nitrogen and oxygen atoms in total. The lowest BCUT2D eigenvalue weighted by Crippen LogP contribution is -2.52. The number of ether oxygens (including phenoxy) is 2. The van der Waals surface area contributed by atoms with Crippen LogP contribution in [0.15, 0.2) is 36.7 Å². The monoisotopic (exact) mass is 712 g/mol. The lowest BCUT2D eigenvalue weighted by atomic mass is 9.86. The summed E-state index contributed by atoms with van der Waals surface area (Å²) >= 11 is 0. The van der Waals surface area contributed by atoms with Gasteiger partial charge in [-0.05, 0) is 51.0 Å². The molecule has 51 heavy (non-hydrogen) atoms. The summed E-state index contributed by atoms with van der Waals surface area (Å²) in [5.41, 5.74) is 0.965.